The van der Waals surface area contributed by atoms with Gasteiger partial charge in [-0.15, -0.1) is 0 Å². The van der Waals surface area contributed by atoms with Gasteiger partial charge in [0.1, 0.15) is 0 Å². The highest BCUT2D eigenvalue weighted by Gasteiger charge is 2.35. The number of benzene rings is 1. The Morgan fingerprint density at radius 1 is 1.10 bits per heavy atom. The molecule has 0 radical (unpaired) electrons. The quantitative estimate of drug-likeness (QED) is 0.856. The van der Waals surface area contributed by atoms with Crippen molar-refractivity contribution >= 4 is 15.7 Å². The Hall–Kier alpha value is -1.11. The molecule has 0 spiro atoms. The monoisotopic (exact) mass is 309 g/mol. The number of rotatable bonds is 3. The number of sulfonamides is 1. The molecule has 0 aromatic heterocycles. The summed E-state index contributed by atoms with van der Waals surface area (Å²) in [5, 5.41) is 0. The number of nitrogens with zero attached hydrogens (tertiary/aromatic N) is 2. The summed E-state index contributed by atoms with van der Waals surface area (Å²) < 4.78 is 27.3. The van der Waals surface area contributed by atoms with E-state index in [-0.39, 0.29) is 0 Å². The molecule has 2 aliphatic rings. The summed E-state index contributed by atoms with van der Waals surface area (Å²) in [6, 6.07) is 4.11. The number of aryl methyl sites for hydroxylation is 1. The standard InChI is InChI=1S/C15H23N3O2S/c1-11-9-13(16)10-15(12(11)2)21(19,20)18-7-5-17(6-8-18)14-3-4-14/h9-10,14H,3-8,16H2,1-2H3. The van der Waals surface area contributed by atoms with Crippen LogP contribution in [0.4, 0.5) is 5.69 Å². The molecule has 1 heterocycles. The first kappa shape index (κ1) is 14.8. The second-order valence-electron chi connectivity index (χ2n) is 6.13. The number of nitrogen functional groups attached to an aromatic ring is 1. The van der Waals surface area contributed by atoms with Crippen LogP contribution in [0.1, 0.15) is 24.0 Å². The normalized spacial score (nSPS) is 21.6. The van der Waals surface area contributed by atoms with E-state index in [0.717, 1.165) is 24.2 Å². The van der Waals surface area contributed by atoms with Gasteiger partial charge in [0.05, 0.1) is 4.90 Å². The van der Waals surface area contributed by atoms with Gasteiger partial charge in [0.2, 0.25) is 10.0 Å². The van der Waals surface area contributed by atoms with E-state index >= 15 is 0 Å². The number of nitrogens with two attached hydrogens (primary N) is 1. The molecule has 1 aromatic rings. The molecule has 1 aliphatic heterocycles. The highest BCUT2D eigenvalue weighted by atomic mass is 32.2. The molecule has 2 fully saturated rings. The molecule has 5 nitrogen and oxygen atoms in total. The van der Waals surface area contributed by atoms with Gasteiger partial charge in [0.25, 0.3) is 0 Å². The fourth-order valence-electron chi connectivity index (χ4n) is 3.01. The summed E-state index contributed by atoms with van der Waals surface area (Å²) >= 11 is 0. The zero-order valence-corrected chi connectivity index (χ0v) is 13.5. The van der Waals surface area contributed by atoms with Crippen LogP contribution in [0.3, 0.4) is 0 Å². The minimum atomic E-state index is -3.44. The molecule has 1 aliphatic carbocycles. The smallest absolute Gasteiger partial charge is 0.243 e. The van der Waals surface area contributed by atoms with Crippen molar-refractivity contribution in [3.8, 4) is 0 Å². The molecule has 3 rings (SSSR count). The molecule has 2 N–H and O–H groups in total. The van der Waals surface area contributed by atoms with E-state index in [1.165, 1.54) is 12.8 Å². The summed E-state index contributed by atoms with van der Waals surface area (Å²) in [5.74, 6) is 0. The summed E-state index contributed by atoms with van der Waals surface area (Å²) in [4.78, 5) is 2.77. The van der Waals surface area contributed by atoms with E-state index in [1.54, 1.807) is 10.4 Å². The Labute approximate surface area is 126 Å². The van der Waals surface area contributed by atoms with Gasteiger partial charge < -0.3 is 5.73 Å². The molecule has 21 heavy (non-hydrogen) atoms. The number of hydrogen-bond acceptors (Lipinski definition) is 4. The third-order valence-corrected chi connectivity index (χ3v) is 6.62. The van der Waals surface area contributed by atoms with Crippen LogP contribution in [-0.4, -0.2) is 49.8 Å². The Bertz CT molecular complexity index is 645. The minimum Gasteiger partial charge on any atom is -0.399 e. The Morgan fingerprint density at radius 2 is 1.71 bits per heavy atom. The van der Waals surface area contributed by atoms with Crippen LogP contribution in [0.25, 0.3) is 0 Å². The van der Waals surface area contributed by atoms with E-state index in [4.69, 9.17) is 5.73 Å². The van der Waals surface area contributed by atoms with Crippen molar-refractivity contribution in [3.05, 3.63) is 23.3 Å². The van der Waals surface area contributed by atoms with Crippen molar-refractivity contribution < 1.29 is 8.42 Å². The lowest BCUT2D eigenvalue weighted by Gasteiger charge is -2.34. The van der Waals surface area contributed by atoms with Gasteiger partial charge in [0.15, 0.2) is 0 Å². The molecule has 1 aromatic carbocycles. The summed E-state index contributed by atoms with van der Waals surface area (Å²) in [6.07, 6.45) is 2.53. The number of anilines is 1. The summed E-state index contributed by atoms with van der Waals surface area (Å²) in [5.41, 5.74) is 8.06. The van der Waals surface area contributed by atoms with E-state index in [9.17, 15) is 8.42 Å². The zero-order valence-electron chi connectivity index (χ0n) is 12.7. The minimum absolute atomic E-state index is 0.361. The van der Waals surface area contributed by atoms with Crippen LogP contribution >= 0.6 is 0 Å². The van der Waals surface area contributed by atoms with Crippen LogP contribution in [0, 0.1) is 13.8 Å². The largest absolute Gasteiger partial charge is 0.399 e. The fourth-order valence-corrected chi connectivity index (χ4v) is 4.76. The molecule has 1 saturated heterocycles. The van der Waals surface area contributed by atoms with Crippen molar-refractivity contribution in [2.24, 2.45) is 0 Å². The second kappa shape index (κ2) is 5.26. The molecule has 1 saturated carbocycles. The molecule has 6 heteroatoms. The molecular formula is C15H23N3O2S. The zero-order chi connectivity index (χ0) is 15.2. The van der Waals surface area contributed by atoms with Gasteiger partial charge in [-0.2, -0.15) is 4.31 Å². The number of piperazine rings is 1. The average molecular weight is 309 g/mol. The third kappa shape index (κ3) is 2.80. The third-order valence-electron chi connectivity index (χ3n) is 4.60. The summed E-state index contributed by atoms with van der Waals surface area (Å²) in [6.45, 7) is 6.57. The maximum Gasteiger partial charge on any atom is 0.243 e. The Kier molecular flexibility index (Phi) is 3.71. The van der Waals surface area contributed by atoms with Gasteiger partial charge in [-0.1, -0.05) is 0 Å². The molecule has 0 amide bonds. The van der Waals surface area contributed by atoms with Gasteiger partial charge >= 0.3 is 0 Å². The lowest BCUT2D eigenvalue weighted by Crippen LogP contribution is -2.49. The predicted octanol–water partition coefficient (Wildman–Crippen LogP) is 1.35. The maximum absolute atomic E-state index is 12.9. The second-order valence-corrected chi connectivity index (χ2v) is 8.04. The van der Waals surface area contributed by atoms with Crippen LogP contribution in [0.2, 0.25) is 0 Å². The lowest BCUT2D eigenvalue weighted by molar-refractivity contribution is 0.180. The Morgan fingerprint density at radius 3 is 2.29 bits per heavy atom. The van der Waals surface area contributed by atoms with Crippen LogP contribution in [-0.2, 0) is 10.0 Å². The predicted molar refractivity (Wildman–Crippen MR) is 83.7 cm³/mol. The van der Waals surface area contributed by atoms with Crippen LogP contribution in [0.5, 0.6) is 0 Å². The first-order valence-electron chi connectivity index (χ1n) is 7.50. The highest BCUT2D eigenvalue weighted by Crippen LogP contribution is 2.30. The highest BCUT2D eigenvalue weighted by molar-refractivity contribution is 7.89. The lowest BCUT2D eigenvalue weighted by atomic mass is 10.1. The van der Waals surface area contributed by atoms with Crippen LogP contribution in [0.15, 0.2) is 17.0 Å². The number of hydrogen-bond donors (Lipinski definition) is 1. The van der Waals surface area contributed by atoms with Gasteiger partial charge in [0, 0.05) is 37.9 Å². The molecule has 0 unspecified atom stereocenters. The van der Waals surface area contributed by atoms with Gasteiger partial charge in [-0.25, -0.2) is 8.42 Å². The average Bonchev–Trinajstić information content (AvgIpc) is 3.27. The van der Waals surface area contributed by atoms with Crippen molar-refractivity contribution in [3.63, 3.8) is 0 Å². The molecule has 116 valence electrons. The topological polar surface area (TPSA) is 66.6 Å². The fraction of sp³-hybridized carbons (Fsp3) is 0.600. The van der Waals surface area contributed by atoms with Crippen LogP contribution < -0.4 is 5.73 Å². The van der Waals surface area contributed by atoms with Gasteiger partial charge in [-0.05, 0) is 49.9 Å². The molecule has 0 bridgehead atoms. The van der Waals surface area contributed by atoms with Crippen molar-refractivity contribution in [2.75, 3.05) is 31.9 Å². The molecule has 0 atom stereocenters. The van der Waals surface area contributed by atoms with Crippen molar-refractivity contribution in [2.45, 2.75) is 37.6 Å². The first-order valence-corrected chi connectivity index (χ1v) is 8.94. The first-order chi connectivity index (χ1) is 9.89. The maximum atomic E-state index is 12.9. The van der Waals surface area contributed by atoms with E-state index in [1.807, 2.05) is 19.9 Å². The van der Waals surface area contributed by atoms with E-state index in [2.05, 4.69) is 4.90 Å². The van der Waals surface area contributed by atoms with Crippen molar-refractivity contribution in [1.82, 2.24) is 9.21 Å². The van der Waals surface area contributed by atoms with Gasteiger partial charge in [-0.3, -0.25) is 4.90 Å². The van der Waals surface area contributed by atoms with Crippen molar-refractivity contribution in [1.29, 1.82) is 0 Å². The van der Waals surface area contributed by atoms with E-state index in [0.29, 0.717) is 29.7 Å². The Balaban J connectivity index is 1.84. The van der Waals surface area contributed by atoms with E-state index < -0.39 is 10.0 Å². The SMILES string of the molecule is Cc1cc(N)cc(S(=O)(=O)N2CCN(C3CC3)CC2)c1C. The molecular weight excluding hydrogens is 286 g/mol. The summed E-state index contributed by atoms with van der Waals surface area (Å²) in [7, 11) is -3.44.